The van der Waals surface area contributed by atoms with Crippen LogP contribution in [0.25, 0.3) is 0 Å². The molecule has 0 aliphatic rings. The van der Waals surface area contributed by atoms with Gasteiger partial charge >= 0.3 is 5.97 Å². The fraction of sp³-hybridized carbons (Fsp3) is 0.750. The van der Waals surface area contributed by atoms with Crippen molar-refractivity contribution in [2.45, 2.75) is 85.1 Å². The van der Waals surface area contributed by atoms with E-state index >= 15 is 0 Å². The highest BCUT2D eigenvalue weighted by atomic mass is 35.5. The van der Waals surface area contributed by atoms with Crippen LogP contribution in [-0.2, 0) is 9.53 Å². The third kappa shape index (κ3) is 10.6. The highest BCUT2D eigenvalue weighted by molar-refractivity contribution is 6.23. The molecule has 0 rings (SSSR count). The smallest absolute Gasteiger partial charge is 0.331 e. The summed E-state index contributed by atoms with van der Waals surface area (Å²) in [6, 6.07) is 0. The van der Waals surface area contributed by atoms with Crippen molar-refractivity contribution in [3.8, 4) is 0 Å². The molecule has 0 fully saturated rings. The summed E-state index contributed by atoms with van der Waals surface area (Å²) in [5.74, 6) is 0.867. The van der Waals surface area contributed by atoms with Crippen molar-refractivity contribution in [3.63, 3.8) is 0 Å². The number of hydrogen-bond donors (Lipinski definition) is 0. The third-order valence-electron chi connectivity index (χ3n) is 4.43. The number of carbonyl (C=O) groups excluding carboxylic acids is 1. The minimum absolute atomic E-state index is 0.0757. The van der Waals surface area contributed by atoms with E-state index < -0.39 is 0 Å². The van der Waals surface area contributed by atoms with Gasteiger partial charge in [-0.05, 0) is 64.4 Å². The fourth-order valence-electron chi connectivity index (χ4n) is 2.29. The van der Waals surface area contributed by atoms with E-state index in [1.807, 2.05) is 26.8 Å². The summed E-state index contributed by atoms with van der Waals surface area (Å²) < 4.78 is 5.09. The molecule has 23 heavy (non-hydrogen) atoms. The maximum absolute atomic E-state index is 11.5. The molecule has 0 spiro atoms. The van der Waals surface area contributed by atoms with Crippen LogP contribution in [0.5, 0.6) is 0 Å². The summed E-state index contributed by atoms with van der Waals surface area (Å²) in [4.78, 5) is 11.4. The predicted molar refractivity (Wildman–Crippen MR) is 101 cm³/mol. The molecule has 3 unspecified atom stereocenters. The predicted octanol–water partition coefficient (Wildman–Crippen LogP) is 6.29. The van der Waals surface area contributed by atoms with E-state index in [1.165, 1.54) is 6.42 Å². The lowest BCUT2D eigenvalue weighted by atomic mass is 9.86. The van der Waals surface area contributed by atoms with Gasteiger partial charge in [0.1, 0.15) is 0 Å². The van der Waals surface area contributed by atoms with Crippen LogP contribution >= 0.6 is 11.6 Å². The Hall–Kier alpha value is -0.760. The maximum atomic E-state index is 11.5. The van der Waals surface area contributed by atoms with E-state index in [-0.39, 0.29) is 16.9 Å². The summed E-state index contributed by atoms with van der Waals surface area (Å²) >= 11 is 6.52. The Morgan fingerprint density at radius 1 is 1.22 bits per heavy atom. The molecule has 0 aromatic heterocycles. The Labute approximate surface area is 148 Å². The molecule has 0 heterocycles. The minimum Gasteiger partial charge on any atom is -0.460 e. The van der Waals surface area contributed by atoms with Gasteiger partial charge in [-0.1, -0.05) is 39.3 Å². The van der Waals surface area contributed by atoms with E-state index in [4.69, 9.17) is 16.3 Å². The van der Waals surface area contributed by atoms with Crippen molar-refractivity contribution in [2.75, 3.05) is 0 Å². The van der Waals surface area contributed by atoms with Crippen molar-refractivity contribution < 1.29 is 9.53 Å². The van der Waals surface area contributed by atoms with Gasteiger partial charge in [-0.2, -0.15) is 0 Å². The number of allylic oxidation sites excluding steroid dienone is 3. The average molecular weight is 343 g/mol. The zero-order chi connectivity index (χ0) is 18.0. The number of esters is 1. The van der Waals surface area contributed by atoms with Gasteiger partial charge in [0.25, 0.3) is 0 Å². The second-order valence-corrected chi connectivity index (χ2v) is 8.09. The Morgan fingerprint density at radius 3 is 2.35 bits per heavy atom. The van der Waals surface area contributed by atoms with Crippen LogP contribution < -0.4 is 0 Å². The van der Waals surface area contributed by atoms with Gasteiger partial charge in [0.2, 0.25) is 0 Å². The van der Waals surface area contributed by atoms with Gasteiger partial charge in [-0.15, -0.1) is 11.6 Å². The zero-order valence-electron chi connectivity index (χ0n) is 16.0. The van der Waals surface area contributed by atoms with E-state index in [0.29, 0.717) is 11.8 Å². The lowest BCUT2D eigenvalue weighted by molar-refractivity contribution is -0.141. The molecule has 2 nitrogen and oxygen atoms in total. The fourth-order valence-corrected chi connectivity index (χ4v) is 2.40. The largest absolute Gasteiger partial charge is 0.460 e. The van der Waals surface area contributed by atoms with Gasteiger partial charge in [0.05, 0.1) is 6.10 Å². The zero-order valence-corrected chi connectivity index (χ0v) is 16.7. The molecule has 0 N–H and O–H groups in total. The van der Waals surface area contributed by atoms with Crippen molar-refractivity contribution in [1.29, 1.82) is 0 Å². The van der Waals surface area contributed by atoms with Crippen LogP contribution in [0.3, 0.4) is 0 Å². The van der Waals surface area contributed by atoms with Gasteiger partial charge in [0, 0.05) is 11.0 Å². The monoisotopic (exact) mass is 342 g/mol. The maximum Gasteiger partial charge on any atom is 0.331 e. The number of halogens is 1. The summed E-state index contributed by atoms with van der Waals surface area (Å²) in [7, 11) is 0. The lowest BCUT2D eigenvalue weighted by Crippen LogP contribution is -2.25. The van der Waals surface area contributed by atoms with E-state index in [2.05, 4.69) is 33.8 Å². The first kappa shape index (κ1) is 22.2. The molecule has 0 aromatic rings. The van der Waals surface area contributed by atoms with Crippen LogP contribution in [0.15, 0.2) is 23.8 Å². The minimum atomic E-state index is -0.273. The standard InChI is InChI=1S/C20H35ClO2/c1-8-20(7,21)18(6)13-12-16(4)10-9-11-17(5)14-19(22)23-15(2)3/h9,11,14-16,18H,8,10,12-13H2,1-7H3. The Morgan fingerprint density at radius 2 is 1.83 bits per heavy atom. The molecular formula is C20H35ClO2. The SMILES string of the molecule is CCC(C)(Cl)C(C)CCC(C)CC=CC(C)=CC(=O)OC(C)C. The topological polar surface area (TPSA) is 26.3 Å². The number of hydrogen-bond acceptors (Lipinski definition) is 2. The van der Waals surface area contributed by atoms with E-state index in [9.17, 15) is 4.79 Å². The van der Waals surface area contributed by atoms with Gasteiger partial charge < -0.3 is 4.74 Å². The molecule has 0 saturated heterocycles. The molecule has 134 valence electrons. The molecular weight excluding hydrogens is 308 g/mol. The molecule has 0 bridgehead atoms. The number of alkyl halides is 1. The highest BCUT2D eigenvalue weighted by Crippen LogP contribution is 2.32. The number of rotatable bonds is 10. The Bertz CT molecular complexity index is 408. The summed E-state index contributed by atoms with van der Waals surface area (Å²) in [6.07, 6.45) is 9.95. The average Bonchev–Trinajstić information content (AvgIpc) is 2.43. The first-order valence-corrected chi connectivity index (χ1v) is 9.20. The van der Waals surface area contributed by atoms with Crippen LogP contribution in [0.4, 0.5) is 0 Å². The molecule has 0 aliphatic heterocycles. The second kappa shape index (κ2) is 10.9. The van der Waals surface area contributed by atoms with Gasteiger partial charge in [-0.3, -0.25) is 0 Å². The van der Waals surface area contributed by atoms with Crippen molar-refractivity contribution >= 4 is 17.6 Å². The summed E-state index contributed by atoms with van der Waals surface area (Å²) in [5, 5.41) is 0. The summed E-state index contributed by atoms with van der Waals surface area (Å²) in [6.45, 7) is 14.4. The quantitative estimate of drug-likeness (QED) is 0.202. The van der Waals surface area contributed by atoms with Crippen LogP contribution in [-0.4, -0.2) is 16.9 Å². The number of carbonyl (C=O) groups is 1. The Kier molecular flexibility index (Phi) is 10.6. The van der Waals surface area contributed by atoms with Gasteiger partial charge in [0.15, 0.2) is 0 Å². The molecule has 0 amide bonds. The van der Waals surface area contributed by atoms with Crippen molar-refractivity contribution in [2.24, 2.45) is 11.8 Å². The van der Waals surface area contributed by atoms with Crippen molar-refractivity contribution in [3.05, 3.63) is 23.8 Å². The molecule has 0 saturated carbocycles. The van der Waals surface area contributed by atoms with Gasteiger partial charge in [-0.25, -0.2) is 4.79 Å². The highest BCUT2D eigenvalue weighted by Gasteiger charge is 2.26. The molecule has 3 heteroatoms. The summed E-state index contributed by atoms with van der Waals surface area (Å²) in [5.41, 5.74) is 0.926. The second-order valence-electron chi connectivity index (χ2n) is 7.23. The van der Waals surface area contributed by atoms with Crippen LogP contribution in [0.1, 0.15) is 74.1 Å². The Balaban J connectivity index is 4.20. The van der Waals surface area contributed by atoms with E-state index in [1.54, 1.807) is 6.08 Å². The first-order valence-electron chi connectivity index (χ1n) is 8.82. The third-order valence-corrected chi connectivity index (χ3v) is 5.07. The molecule has 0 aliphatic carbocycles. The molecule has 3 atom stereocenters. The van der Waals surface area contributed by atoms with Crippen LogP contribution in [0, 0.1) is 11.8 Å². The van der Waals surface area contributed by atoms with Crippen LogP contribution in [0.2, 0.25) is 0 Å². The lowest BCUT2D eigenvalue weighted by Gasteiger charge is -2.28. The molecule has 0 aromatic carbocycles. The van der Waals surface area contributed by atoms with Crippen molar-refractivity contribution in [1.82, 2.24) is 0 Å². The number of ether oxygens (including phenoxy) is 1. The van der Waals surface area contributed by atoms with E-state index in [0.717, 1.165) is 24.8 Å². The first-order chi connectivity index (χ1) is 10.6. The molecule has 0 radical (unpaired) electrons. The normalized spacial score (nSPS) is 18.0.